The number of carbonyl (C=O) groups excluding carboxylic acids is 2. The zero-order valence-corrected chi connectivity index (χ0v) is 20.3. The number of hydrogen-bond acceptors (Lipinski definition) is 5. The Morgan fingerprint density at radius 1 is 0.818 bits per heavy atom. The van der Waals surface area contributed by atoms with Crippen LogP contribution < -0.4 is 20.1 Å². The quantitative estimate of drug-likeness (QED) is 0.424. The second-order valence-electron chi connectivity index (χ2n) is 7.64. The molecule has 0 fully saturated rings. The van der Waals surface area contributed by atoms with Gasteiger partial charge < -0.3 is 20.1 Å². The van der Waals surface area contributed by atoms with Gasteiger partial charge in [0, 0.05) is 22.6 Å². The number of amides is 2. The Morgan fingerprint density at radius 3 is 1.91 bits per heavy atom. The molecule has 0 bridgehead atoms. The van der Waals surface area contributed by atoms with Crippen molar-refractivity contribution >= 4 is 35.0 Å². The molecule has 3 rings (SSSR count). The van der Waals surface area contributed by atoms with Crippen LogP contribution in [-0.4, -0.2) is 31.8 Å². The van der Waals surface area contributed by atoms with E-state index in [1.807, 2.05) is 6.07 Å². The van der Waals surface area contributed by atoms with Crippen LogP contribution in [0.4, 0.5) is 11.4 Å². The smallest absolute Gasteiger partial charge is 0.255 e. The molecule has 0 aliphatic rings. The third-order valence-corrected chi connectivity index (χ3v) is 6.37. The Kier molecular flexibility index (Phi) is 8.01. The van der Waals surface area contributed by atoms with E-state index in [9.17, 15) is 9.59 Å². The Hall–Kier alpha value is -3.45. The number of methoxy groups -OCH3 is 2. The first kappa shape index (κ1) is 24.2. The molecule has 7 heteroatoms. The van der Waals surface area contributed by atoms with Gasteiger partial charge in [0.05, 0.1) is 31.3 Å². The average molecular weight is 465 g/mol. The number of carbonyl (C=O) groups is 2. The van der Waals surface area contributed by atoms with Crippen molar-refractivity contribution in [1.82, 2.24) is 0 Å². The Bertz CT molecular complexity index is 1140. The zero-order chi connectivity index (χ0) is 24.0. The third-order valence-electron chi connectivity index (χ3n) is 5.03. The molecule has 0 spiro atoms. The summed E-state index contributed by atoms with van der Waals surface area (Å²) >= 11 is 1.50. The lowest BCUT2D eigenvalue weighted by Crippen LogP contribution is -2.16. The summed E-state index contributed by atoms with van der Waals surface area (Å²) in [5.74, 6) is 0.644. The average Bonchev–Trinajstić information content (AvgIpc) is 2.79. The van der Waals surface area contributed by atoms with E-state index in [1.54, 1.807) is 36.4 Å². The molecular weight excluding hydrogens is 436 g/mol. The van der Waals surface area contributed by atoms with Crippen LogP contribution in [0, 0.1) is 20.8 Å². The van der Waals surface area contributed by atoms with E-state index in [4.69, 9.17) is 9.47 Å². The summed E-state index contributed by atoms with van der Waals surface area (Å²) in [6, 6.07) is 16.4. The second kappa shape index (κ2) is 10.9. The van der Waals surface area contributed by atoms with Crippen LogP contribution in [0.15, 0.2) is 59.5 Å². The highest BCUT2D eigenvalue weighted by molar-refractivity contribution is 8.00. The number of ether oxygens (including phenoxy) is 2. The molecule has 33 heavy (non-hydrogen) atoms. The minimum absolute atomic E-state index is 0.166. The number of nitrogens with one attached hydrogen (secondary N) is 2. The van der Waals surface area contributed by atoms with Crippen LogP contribution in [0.3, 0.4) is 0 Å². The van der Waals surface area contributed by atoms with Crippen LogP contribution in [0.25, 0.3) is 0 Å². The highest BCUT2D eigenvalue weighted by Crippen LogP contribution is 2.37. The highest BCUT2D eigenvalue weighted by atomic mass is 32.2. The second-order valence-corrected chi connectivity index (χ2v) is 8.62. The van der Waals surface area contributed by atoms with Crippen molar-refractivity contribution in [2.24, 2.45) is 0 Å². The van der Waals surface area contributed by atoms with Crippen LogP contribution in [0.2, 0.25) is 0 Å². The lowest BCUT2D eigenvalue weighted by molar-refractivity contribution is -0.113. The topological polar surface area (TPSA) is 76.7 Å². The standard InChI is InChI=1S/C26H28N2O4S/c1-16-11-17(2)25(18(3)12-16)33-15-24(29)27-20-13-23(32-5)21(14-22(20)31-4)28-26(30)19-9-7-6-8-10-19/h6-14H,15H2,1-5H3,(H,27,29)(H,28,30). The Labute approximate surface area is 198 Å². The first-order chi connectivity index (χ1) is 15.8. The zero-order valence-electron chi connectivity index (χ0n) is 19.4. The molecule has 0 atom stereocenters. The number of anilines is 2. The van der Waals surface area contributed by atoms with Crippen molar-refractivity contribution in [1.29, 1.82) is 0 Å². The molecule has 0 aliphatic heterocycles. The summed E-state index contributed by atoms with van der Waals surface area (Å²) in [4.78, 5) is 26.4. The lowest BCUT2D eigenvalue weighted by Gasteiger charge is -2.16. The van der Waals surface area contributed by atoms with Gasteiger partial charge >= 0.3 is 0 Å². The molecule has 3 aromatic carbocycles. The Balaban J connectivity index is 1.75. The van der Waals surface area contributed by atoms with Gasteiger partial charge in [0.15, 0.2) is 0 Å². The van der Waals surface area contributed by atoms with Crippen LogP contribution in [-0.2, 0) is 4.79 Å². The summed E-state index contributed by atoms with van der Waals surface area (Å²) in [5, 5.41) is 5.73. The van der Waals surface area contributed by atoms with Crippen molar-refractivity contribution in [3.8, 4) is 11.5 Å². The van der Waals surface area contributed by atoms with Gasteiger partial charge in [0.2, 0.25) is 5.91 Å². The minimum Gasteiger partial charge on any atom is -0.494 e. The third kappa shape index (κ3) is 6.08. The van der Waals surface area contributed by atoms with E-state index in [1.165, 1.54) is 31.5 Å². The van der Waals surface area contributed by atoms with Gasteiger partial charge in [-0.3, -0.25) is 9.59 Å². The van der Waals surface area contributed by atoms with Crippen LogP contribution in [0.5, 0.6) is 11.5 Å². The van der Waals surface area contributed by atoms with Gasteiger partial charge in [-0.2, -0.15) is 0 Å². The van der Waals surface area contributed by atoms with Crippen LogP contribution >= 0.6 is 11.8 Å². The summed E-state index contributed by atoms with van der Waals surface area (Å²) in [6.45, 7) is 6.17. The van der Waals surface area contributed by atoms with E-state index >= 15 is 0 Å². The minimum atomic E-state index is -0.270. The fraction of sp³-hybridized carbons (Fsp3) is 0.231. The van der Waals surface area contributed by atoms with E-state index < -0.39 is 0 Å². The largest absolute Gasteiger partial charge is 0.494 e. The number of aryl methyl sites for hydroxylation is 3. The molecule has 0 aliphatic carbocycles. The SMILES string of the molecule is COc1cc(NC(=O)c2ccccc2)c(OC)cc1NC(=O)CSc1c(C)cc(C)cc1C. The lowest BCUT2D eigenvalue weighted by atomic mass is 10.1. The first-order valence-corrected chi connectivity index (χ1v) is 11.4. The number of thioether (sulfide) groups is 1. The van der Waals surface area contributed by atoms with E-state index in [0.29, 0.717) is 28.4 Å². The fourth-order valence-electron chi connectivity index (χ4n) is 3.60. The fourth-order valence-corrected chi connectivity index (χ4v) is 4.52. The monoisotopic (exact) mass is 464 g/mol. The van der Waals surface area contributed by atoms with Gasteiger partial charge in [-0.15, -0.1) is 11.8 Å². The number of hydrogen-bond donors (Lipinski definition) is 2. The molecule has 0 radical (unpaired) electrons. The predicted octanol–water partition coefficient (Wildman–Crippen LogP) is 5.61. The molecule has 0 saturated carbocycles. The number of rotatable bonds is 8. The van der Waals surface area contributed by atoms with Crippen molar-refractivity contribution in [2.75, 3.05) is 30.6 Å². The molecular formula is C26H28N2O4S. The van der Waals surface area contributed by atoms with E-state index in [2.05, 4.69) is 43.5 Å². The molecule has 0 heterocycles. The maximum absolute atomic E-state index is 12.7. The van der Waals surface area contributed by atoms with Gasteiger partial charge in [0.25, 0.3) is 5.91 Å². The van der Waals surface area contributed by atoms with Crippen LogP contribution in [0.1, 0.15) is 27.0 Å². The molecule has 0 aromatic heterocycles. The highest BCUT2D eigenvalue weighted by Gasteiger charge is 2.17. The molecule has 2 amide bonds. The molecule has 0 unspecified atom stereocenters. The maximum atomic E-state index is 12.7. The van der Waals surface area contributed by atoms with Gasteiger partial charge in [-0.05, 0) is 44.0 Å². The normalized spacial score (nSPS) is 10.5. The summed E-state index contributed by atoms with van der Waals surface area (Å²) in [6.07, 6.45) is 0. The van der Waals surface area contributed by atoms with E-state index in [0.717, 1.165) is 16.0 Å². The molecule has 172 valence electrons. The molecule has 2 N–H and O–H groups in total. The molecule has 0 saturated heterocycles. The van der Waals surface area contributed by atoms with Crippen molar-refractivity contribution in [3.63, 3.8) is 0 Å². The number of benzene rings is 3. The Morgan fingerprint density at radius 2 is 1.36 bits per heavy atom. The van der Waals surface area contributed by atoms with Crippen molar-refractivity contribution in [2.45, 2.75) is 25.7 Å². The maximum Gasteiger partial charge on any atom is 0.255 e. The predicted molar refractivity (Wildman–Crippen MR) is 134 cm³/mol. The summed E-state index contributed by atoms with van der Waals surface area (Å²) in [5.41, 5.74) is 4.95. The van der Waals surface area contributed by atoms with Gasteiger partial charge in [-0.25, -0.2) is 0 Å². The van der Waals surface area contributed by atoms with Crippen molar-refractivity contribution in [3.05, 3.63) is 76.9 Å². The first-order valence-electron chi connectivity index (χ1n) is 10.4. The van der Waals surface area contributed by atoms with Gasteiger partial charge in [-0.1, -0.05) is 35.9 Å². The van der Waals surface area contributed by atoms with E-state index in [-0.39, 0.29) is 17.6 Å². The summed E-state index contributed by atoms with van der Waals surface area (Å²) in [7, 11) is 3.01. The molecule has 6 nitrogen and oxygen atoms in total. The van der Waals surface area contributed by atoms with Gasteiger partial charge in [0.1, 0.15) is 11.5 Å². The van der Waals surface area contributed by atoms with Crippen molar-refractivity contribution < 1.29 is 19.1 Å². The molecule has 3 aromatic rings. The summed E-state index contributed by atoms with van der Waals surface area (Å²) < 4.78 is 10.9.